The van der Waals surface area contributed by atoms with Crippen molar-refractivity contribution in [1.29, 1.82) is 0 Å². The van der Waals surface area contributed by atoms with Gasteiger partial charge in [0, 0.05) is 11.6 Å². The highest BCUT2D eigenvalue weighted by Gasteiger charge is 2.25. The van der Waals surface area contributed by atoms with Crippen molar-refractivity contribution in [2.24, 2.45) is 0 Å². The second kappa shape index (κ2) is 6.07. The molecule has 0 saturated heterocycles. The summed E-state index contributed by atoms with van der Waals surface area (Å²) in [5.41, 5.74) is 3.79. The number of hydrogen-bond acceptors (Lipinski definition) is 4. The van der Waals surface area contributed by atoms with Gasteiger partial charge in [-0.05, 0) is 26.0 Å². The number of rotatable bonds is 3. The molecule has 130 valence electrons. The topological polar surface area (TPSA) is 64.3 Å². The molecule has 2 heterocycles. The van der Waals surface area contributed by atoms with E-state index in [2.05, 4.69) is 10.1 Å². The summed E-state index contributed by atoms with van der Waals surface area (Å²) in [7, 11) is -3.73. The minimum atomic E-state index is -3.73. The Bertz CT molecular complexity index is 1200. The van der Waals surface area contributed by atoms with E-state index in [-0.39, 0.29) is 9.79 Å². The van der Waals surface area contributed by atoms with Gasteiger partial charge < -0.3 is 0 Å². The Morgan fingerprint density at radius 2 is 1.62 bits per heavy atom. The maximum absolute atomic E-state index is 13.3. The van der Waals surface area contributed by atoms with Crippen LogP contribution in [0.4, 0.5) is 0 Å². The monoisotopic (exact) mass is 363 g/mol. The van der Waals surface area contributed by atoms with Crippen LogP contribution in [0.3, 0.4) is 0 Å². The Balaban J connectivity index is 2.07. The highest BCUT2D eigenvalue weighted by atomic mass is 32.2. The predicted molar refractivity (Wildman–Crippen MR) is 99.8 cm³/mol. The van der Waals surface area contributed by atoms with Gasteiger partial charge in [-0.3, -0.25) is 0 Å². The van der Waals surface area contributed by atoms with Crippen molar-refractivity contribution in [2.45, 2.75) is 23.6 Å². The molecule has 2 aromatic heterocycles. The molecule has 0 atom stereocenters. The van der Waals surface area contributed by atoms with E-state index in [4.69, 9.17) is 0 Å². The number of aryl methyl sites for hydroxylation is 2. The average Bonchev–Trinajstić information content (AvgIpc) is 3.02. The highest BCUT2D eigenvalue weighted by Crippen LogP contribution is 2.31. The van der Waals surface area contributed by atoms with Crippen LogP contribution in [0.15, 0.2) is 76.7 Å². The molecule has 0 unspecified atom stereocenters. The molecule has 26 heavy (non-hydrogen) atoms. The minimum Gasteiger partial charge on any atom is -0.236 e. The van der Waals surface area contributed by atoms with E-state index in [0.717, 1.165) is 16.8 Å². The molecule has 0 amide bonds. The van der Waals surface area contributed by atoms with Crippen molar-refractivity contribution >= 4 is 15.5 Å². The molecule has 0 aliphatic carbocycles. The van der Waals surface area contributed by atoms with Crippen LogP contribution in [0.2, 0.25) is 0 Å². The third-order valence-corrected chi connectivity index (χ3v) is 6.01. The molecule has 0 aliphatic heterocycles. The van der Waals surface area contributed by atoms with Gasteiger partial charge in [-0.1, -0.05) is 48.0 Å². The number of nitrogens with zero attached hydrogens (tertiary/aromatic N) is 3. The fourth-order valence-electron chi connectivity index (χ4n) is 2.93. The Morgan fingerprint density at radius 3 is 2.31 bits per heavy atom. The summed E-state index contributed by atoms with van der Waals surface area (Å²) in [6, 6.07) is 17.9. The van der Waals surface area contributed by atoms with E-state index in [1.165, 1.54) is 6.20 Å². The van der Waals surface area contributed by atoms with Gasteiger partial charge >= 0.3 is 0 Å². The summed E-state index contributed by atoms with van der Waals surface area (Å²) < 4.78 is 28.1. The van der Waals surface area contributed by atoms with Crippen LogP contribution in [0.25, 0.3) is 16.9 Å². The maximum Gasteiger partial charge on any atom is 0.210 e. The molecule has 0 bridgehead atoms. The van der Waals surface area contributed by atoms with Gasteiger partial charge in [-0.15, -0.1) is 0 Å². The summed E-state index contributed by atoms with van der Waals surface area (Å²) >= 11 is 0. The second-order valence-electron chi connectivity index (χ2n) is 6.21. The van der Waals surface area contributed by atoms with Gasteiger partial charge in [0.15, 0.2) is 5.65 Å². The van der Waals surface area contributed by atoms with Crippen molar-refractivity contribution in [3.63, 3.8) is 0 Å². The SMILES string of the molecule is Cc1ccc(-c2c(S(=O)(=O)c3ccccc3)cnc3cc(C)nn23)cc1. The molecule has 2 aromatic carbocycles. The van der Waals surface area contributed by atoms with E-state index in [9.17, 15) is 8.42 Å². The Hall–Kier alpha value is -2.99. The van der Waals surface area contributed by atoms with Crippen LogP contribution in [-0.2, 0) is 9.84 Å². The first kappa shape index (κ1) is 16.5. The first-order valence-electron chi connectivity index (χ1n) is 8.19. The molecule has 0 saturated carbocycles. The Morgan fingerprint density at radius 1 is 0.923 bits per heavy atom. The second-order valence-corrected chi connectivity index (χ2v) is 8.13. The molecule has 0 aliphatic rings. The van der Waals surface area contributed by atoms with Crippen molar-refractivity contribution in [1.82, 2.24) is 14.6 Å². The highest BCUT2D eigenvalue weighted by molar-refractivity contribution is 7.91. The maximum atomic E-state index is 13.3. The van der Waals surface area contributed by atoms with E-state index in [1.54, 1.807) is 34.8 Å². The summed E-state index contributed by atoms with van der Waals surface area (Å²) in [5.74, 6) is 0. The van der Waals surface area contributed by atoms with Gasteiger partial charge in [0.1, 0.15) is 4.90 Å². The van der Waals surface area contributed by atoms with Crippen LogP contribution in [-0.4, -0.2) is 23.0 Å². The standard InChI is InChI=1S/C20H17N3O2S/c1-14-8-10-16(11-9-14)20-18(13-21-19-12-15(2)22-23(19)20)26(24,25)17-6-4-3-5-7-17/h3-13H,1-2H3. The van der Waals surface area contributed by atoms with Crippen molar-refractivity contribution < 1.29 is 8.42 Å². The number of aromatic nitrogens is 3. The molecule has 4 aromatic rings. The zero-order chi connectivity index (χ0) is 18.3. The van der Waals surface area contributed by atoms with E-state index >= 15 is 0 Å². The molecule has 0 N–H and O–H groups in total. The van der Waals surface area contributed by atoms with Crippen molar-refractivity contribution in [3.8, 4) is 11.3 Å². The molecular formula is C20H17N3O2S. The lowest BCUT2D eigenvalue weighted by molar-refractivity contribution is 0.595. The number of fused-ring (bicyclic) bond motifs is 1. The van der Waals surface area contributed by atoms with Crippen LogP contribution in [0.1, 0.15) is 11.3 Å². The molecule has 5 nitrogen and oxygen atoms in total. The van der Waals surface area contributed by atoms with E-state index < -0.39 is 9.84 Å². The number of benzene rings is 2. The molecule has 0 radical (unpaired) electrons. The fourth-order valence-corrected chi connectivity index (χ4v) is 4.35. The van der Waals surface area contributed by atoms with Crippen molar-refractivity contribution in [2.75, 3.05) is 0 Å². The smallest absolute Gasteiger partial charge is 0.210 e. The average molecular weight is 363 g/mol. The van der Waals surface area contributed by atoms with Crippen LogP contribution >= 0.6 is 0 Å². The lowest BCUT2D eigenvalue weighted by atomic mass is 10.1. The van der Waals surface area contributed by atoms with Crippen LogP contribution in [0, 0.1) is 13.8 Å². The molecule has 0 fully saturated rings. The number of hydrogen-bond donors (Lipinski definition) is 0. The van der Waals surface area contributed by atoms with Gasteiger partial charge in [-0.25, -0.2) is 17.9 Å². The zero-order valence-corrected chi connectivity index (χ0v) is 15.2. The Labute approximate surface area is 151 Å². The minimum absolute atomic E-state index is 0.142. The third-order valence-electron chi connectivity index (χ3n) is 4.24. The molecule has 0 spiro atoms. The lowest BCUT2D eigenvalue weighted by Gasteiger charge is -2.12. The summed E-state index contributed by atoms with van der Waals surface area (Å²) in [4.78, 5) is 4.70. The van der Waals surface area contributed by atoms with E-state index in [0.29, 0.717) is 11.3 Å². The summed E-state index contributed by atoms with van der Waals surface area (Å²) in [6.07, 6.45) is 1.42. The predicted octanol–water partition coefficient (Wildman–Crippen LogP) is 3.85. The van der Waals surface area contributed by atoms with Gasteiger partial charge in [-0.2, -0.15) is 5.10 Å². The largest absolute Gasteiger partial charge is 0.236 e. The molecule has 6 heteroatoms. The van der Waals surface area contributed by atoms with Crippen LogP contribution < -0.4 is 0 Å². The molecule has 4 rings (SSSR count). The number of sulfone groups is 1. The fraction of sp³-hybridized carbons (Fsp3) is 0.100. The van der Waals surface area contributed by atoms with Gasteiger partial charge in [0.25, 0.3) is 0 Å². The first-order chi connectivity index (χ1) is 12.5. The zero-order valence-electron chi connectivity index (χ0n) is 14.4. The quantitative estimate of drug-likeness (QED) is 0.555. The lowest BCUT2D eigenvalue weighted by Crippen LogP contribution is -2.09. The van der Waals surface area contributed by atoms with Crippen LogP contribution in [0.5, 0.6) is 0 Å². The van der Waals surface area contributed by atoms with Gasteiger partial charge in [0.05, 0.1) is 22.5 Å². The van der Waals surface area contributed by atoms with Crippen molar-refractivity contribution in [3.05, 3.63) is 78.1 Å². The third kappa shape index (κ3) is 2.68. The van der Waals surface area contributed by atoms with E-state index in [1.807, 2.05) is 44.2 Å². The summed E-state index contributed by atoms with van der Waals surface area (Å²) in [5, 5.41) is 4.47. The normalized spacial score (nSPS) is 11.8. The first-order valence-corrected chi connectivity index (χ1v) is 9.68. The van der Waals surface area contributed by atoms with Gasteiger partial charge in [0.2, 0.25) is 9.84 Å². The molecular weight excluding hydrogens is 346 g/mol. The summed E-state index contributed by atoms with van der Waals surface area (Å²) in [6.45, 7) is 3.85. The Kier molecular flexibility index (Phi) is 3.85.